The number of amides is 1. The number of benzene rings is 3. The molecule has 4 rings (SSSR count). The second-order valence-corrected chi connectivity index (χ2v) is 7.55. The van der Waals surface area contributed by atoms with Gasteiger partial charge < -0.3 is 5.11 Å². The molecule has 1 N–H and O–H groups in total. The van der Waals surface area contributed by atoms with Gasteiger partial charge in [0.05, 0.1) is 0 Å². The average Bonchev–Trinajstić information content (AvgIpc) is 3.07. The molecule has 146 valence electrons. The number of nitrogens with zero attached hydrogens (tertiary/aromatic N) is 1. The predicted molar refractivity (Wildman–Crippen MR) is 118 cm³/mol. The van der Waals surface area contributed by atoms with Crippen molar-refractivity contribution in [3.05, 3.63) is 107 Å². The van der Waals surface area contributed by atoms with Crippen LogP contribution < -0.4 is 4.90 Å². The molecule has 1 atom stereocenters. The van der Waals surface area contributed by atoms with Crippen molar-refractivity contribution in [3.63, 3.8) is 0 Å². The molecule has 0 bridgehead atoms. The van der Waals surface area contributed by atoms with Crippen LogP contribution in [0.15, 0.2) is 90.6 Å². The second kappa shape index (κ2) is 8.64. The Hall–Kier alpha value is -2.88. The fourth-order valence-electron chi connectivity index (χ4n) is 3.91. The van der Waals surface area contributed by atoms with Gasteiger partial charge in [0.1, 0.15) is 0 Å². The molecule has 3 nitrogen and oxygen atoms in total. The van der Waals surface area contributed by atoms with E-state index in [4.69, 9.17) is 11.6 Å². The van der Waals surface area contributed by atoms with Crippen LogP contribution in [0.4, 0.5) is 5.69 Å². The molecule has 3 aromatic carbocycles. The first kappa shape index (κ1) is 19.4. The quantitative estimate of drug-likeness (QED) is 0.608. The highest BCUT2D eigenvalue weighted by molar-refractivity contribution is 6.30. The van der Waals surface area contributed by atoms with Crippen LogP contribution in [-0.2, 0) is 4.79 Å². The van der Waals surface area contributed by atoms with Crippen LogP contribution in [0.25, 0.3) is 5.57 Å². The minimum Gasteiger partial charge on any atom is -0.396 e. The Balaban J connectivity index is 1.94. The van der Waals surface area contributed by atoms with Gasteiger partial charge >= 0.3 is 0 Å². The van der Waals surface area contributed by atoms with Crippen LogP contribution >= 0.6 is 11.6 Å². The molecule has 0 saturated carbocycles. The van der Waals surface area contributed by atoms with E-state index in [0.29, 0.717) is 17.9 Å². The fourth-order valence-corrected chi connectivity index (χ4v) is 4.03. The third-order valence-corrected chi connectivity index (χ3v) is 5.51. The standard InChI is InChI=1S/C25H22ClNO2/c26-21-11-13-22(14-12-21)27-23(17-20(15-16-28)25(27)29)24(18-7-3-1-4-8-18)19-9-5-2-6-10-19/h1-14,20,28H,15-17H2. The molecule has 0 aromatic heterocycles. The Bertz CT molecular complexity index is 972. The molecular weight excluding hydrogens is 382 g/mol. The molecule has 0 spiro atoms. The molecule has 29 heavy (non-hydrogen) atoms. The Kier molecular flexibility index (Phi) is 5.79. The Morgan fingerprint density at radius 2 is 1.45 bits per heavy atom. The highest BCUT2D eigenvalue weighted by Crippen LogP contribution is 2.41. The summed E-state index contributed by atoms with van der Waals surface area (Å²) < 4.78 is 0. The first-order chi connectivity index (χ1) is 14.2. The number of hydrogen-bond acceptors (Lipinski definition) is 2. The van der Waals surface area contributed by atoms with Crippen LogP contribution in [0.3, 0.4) is 0 Å². The van der Waals surface area contributed by atoms with Gasteiger partial charge in [0, 0.05) is 40.9 Å². The monoisotopic (exact) mass is 403 g/mol. The van der Waals surface area contributed by atoms with Crippen molar-refractivity contribution in [2.45, 2.75) is 12.8 Å². The summed E-state index contributed by atoms with van der Waals surface area (Å²) in [5.74, 6) is -0.228. The lowest BCUT2D eigenvalue weighted by Crippen LogP contribution is -2.27. The molecule has 1 aliphatic heterocycles. The maximum Gasteiger partial charge on any atom is 0.234 e. The third-order valence-electron chi connectivity index (χ3n) is 5.26. The molecule has 1 aliphatic rings. The summed E-state index contributed by atoms with van der Waals surface area (Å²) in [6.07, 6.45) is 1.03. The van der Waals surface area contributed by atoms with Crippen molar-refractivity contribution in [1.29, 1.82) is 0 Å². The van der Waals surface area contributed by atoms with Crippen LogP contribution in [0.5, 0.6) is 0 Å². The summed E-state index contributed by atoms with van der Waals surface area (Å²) in [5, 5.41) is 10.1. The van der Waals surface area contributed by atoms with Crippen molar-refractivity contribution >= 4 is 28.8 Å². The number of carbonyl (C=O) groups is 1. The maximum atomic E-state index is 13.3. The zero-order valence-electron chi connectivity index (χ0n) is 16.0. The van der Waals surface area contributed by atoms with Crippen LogP contribution in [0, 0.1) is 5.92 Å². The Labute approximate surface area is 175 Å². The number of carbonyl (C=O) groups excluding carboxylic acids is 1. The van der Waals surface area contributed by atoms with Gasteiger partial charge in [-0.05, 0) is 41.8 Å². The van der Waals surface area contributed by atoms with Gasteiger partial charge in [0.2, 0.25) is 5.91 Å². The molecule has 0 radical (unpaired) electrons. The lowest BCUT2D eigenvalue weighted by atomic mass is 9.93. The summed E-state index contributed by atoms with van der Waals surface area (Å²) in [7, 11) is 0. The smallest absolute Gasteiger partial charge is 0.234 e. The number of aliphatic hydroxyl groups is 1. The molecule has 0 aliphatic carbocycles. The summed E-state index contributed by atoms with van der Waals surface area (Å²) in [6.45, 7) is -0.00977. The second-order valence-electron chi connectivity index (χ2n) is 7.12. The van der Waals surface area contributed by atoms with E-state index < -0.39 is 0 Å². The summed E-state index contributed by atoms with van der Waals surface area (Å²) in [4.78, 5) is 15.1. The summed E-state index contributed by atoms with van der Waals surface area (Å²) in [5.41, 5.74) is 4.90. The fraction of sp³-hybridized carbons (Fsp3) is 0.160. The first-order valence-corrected chi connectivity index (χ1v) is 10.1. The number of halogens is 1. The van der Waals surface area contributed by atoms with E-state index >= 15 is 0 Å². The third kappa shape index (κ3) is 3.98. The van der Waals surface area contributed by atoms with E-state index in [9.17, 15) is 9.90 Å². The van der Waals surface area contributed by atoms with Gasteiger partial charge in [-0.1, -0.05) is 72.3 Å². The molecule has 1 saturated heterocycles. The SMILES string of the molecule is O=C1C(CCO)CC(=C(c2ccccc2)c2ccccc2)N1c1ccc(Cl)cc1. The highest BCUT2D eigenvalue weighted by Gasteiger charge is 2.38. The minimum absolute atomic E-state index is 0.00977. The van der Waals surface area contributed by atoms with E-state index in [1.54, 1.807) is 17.0 Å². The predicted octanol–water partition coefficient (Wildman–Crippen LogP) is 5.53. The maximum absolute atomic E-state index is 13.3. The van der Waals surface area contributed by atoms with Crippen molar-refractivity contribution in [3.8, 4) is 0 Å². The van der Waals surface area contributed by atoms with E-state index in [2.05, 4.69) is 24.3 Å². The molecule has 4 heteroatoms. The van der Waals surface area contributed by atoms with Crippen LogP contribution in [0.1, 0.15) is 24.0 Å². The molecule has 1 fully saturated rings. The number of hydrogen-bond donors (Lipinski definition) is 1. The molecule has 1 unspecified atom stereocenters. The van der Waals surface area contributed by atoms with E-state index in [1.807, 2.05) is 48.5 Å². The average molecular weight is 404 g/mol. The first-order valence-electron chi connectivity index (χ1n) is 9.73. The van der Waals surface area contributed by atoms with Crippen molar-refractivity contribution in [2.24, 2.45) is 5.92 Å². The van der Waals surface area contributed by atoms with Crippen LogP contribution in [-0.4, -0.2) is 17.6 Å². The van der Waals surface area contributed by atoms with E-state index in [1.165, 1.54) is 0 Å². The van der Waals surface area contributed by atoms with Crippen molar-refractivity contribution < 1.29 is 9.90 Å². The van der Waals surface area contributed by atoms with Gasteiger partial charge in [-0.2, -0.15) is 0 Å². The zero-order chi connectivity index (χ0) is 20.2. The topological polar surface area (TPSA) is 40.5 Å². The number of rotatable bonds is 5. The van der Waals surface area contributed by atoms with Gasteiger partial charge in [0.25, 0.3) is 0 Å². The normalized spacial score (nSPS) is 16.3. The summed E-state index contributed by atoms with van der Waals surface area (Å²) in [6, 6.07) is 27.6. The van der Waals surface area contributed by atoms with E-state index in [0.717, 1.165) is 28.1 Å². The lowest BCUT2D eigenvalue weighted by Gasteiger charge is -2.23. The van der Waals surface area contributed by atoms with Gasteiger partial charge in [-0.15, -0.1) is 0 Å². The Morgan fingerprint density at radius 1 is 0.897 bits per heavy atom. The molecule has 1 heterocycles. The Morgan fingerprint density at radius 3 is 1.97 bits per heavy atom. The number of aliphatic hydroxyl groups excluding tert-OH is 1. The minimum atomic E-state index is -0.242. The largest absolute Gasteiger partial charge is 0.396 e. The number of anilines is 1. The molecular formula is C25H22ClNO2. The zero-order valence-corrected chi connectivity index (χ0v) is 16.7. The molecule has 3 aromatic rings. The summed E-state index contributed by atoms with van der Waals surface area (Å²) >= 11 is 6.08. The van der Waals surface area contributed by atoms with Gasteiger partial charge in [0.15, 0.2) is 0 Å². The van der Waals surface area contributed by atoms with Crippen LogP contribution in [0.2, 0.25) is 5.02 Å². The molecule has 1 amide bonds. The highest BCUT2D eigenvalue weighted by atomic mass is 35.5. The van der Waals surface area contributed by atoms with Gasteiger partial charge in [-0.3, -0.25) is 9.69 Å². The van der Waals surface area contributed by atoms with E-state index in [-0.39, 0.29) is 18.4 Å². The van der Waals surface area contributed by atoms with Crippen molar-refractivity contribution in [2.75, 3.05) is 11.5 Å². The lowest BCUT2D eigenvalue weighted by molar-refractivity contribution is -0.120. The van der Waals surface area contributed by atoms with Crippen molar-refractivity contribution in [1.82, 2.24) is 0 Å². The van der Waals surface area contributed by atoms with Gasteiger partial charge in [-0.25, -0.2) is 0 Å². The number of allylic oxidation sites excluding steroid dienone is 1.